The van der Waals surface area contributed by atoms with Gasteiger partial charge in [-0.15, -0.1) is 0 Å². The molecule has 0 atom stereocenters. The molecule has 6 heteroatoms. The third kappa shape index (κ3) is 2.62. The zero-order valence-electron chi connectivity index (χ0n) is 6.84. The van der Waals surface area contributed by atoms with E-state index in [1.54, 1.807) is 12.1 Å². The number of hydrogen-bond acceptors (Lipinski definition) is 5. The molecule has 13 heavy (non-hydrogen) atoms. The van der Waals surface area contributed by atoms with Crippen LogP contribution in [-0.2, 0) is 6.61 Å². The maximum atomic E-state index is 8.84. The van der Waals surface area contributed by atoms with E-state index >= 15 is 0 Å². The Morgan fingerprint density at radius 1 is 1.38 bits per heavy atom. The monoisotopic (exact) mass is 183 g/mol. The van der Waals surface area contributed by atoms with Gasteiger partial charge in [0, 0.05) is 17.3 Å². The van der Waals surface area contributed by atoms with Crippen molar-refractivity contribution in [2.75, 3.05) is 5.73 Å². The summed E-state index contributed by atoms with van der Waals surface area (Å²) < 4.78 is 4.59. The normalized spacial score (nSPS) is 9.77. The van der Waals surface area contributed by atoms with Crippen molar-refractivity contribution in [3.8, 4) is 5.75 Å². The molecular weight excluding hydrogens is 173 g/mol. The lowest BCUT2D eigenvalue weighted by Crippen LogP contribution is -2.21. The fourth-order valence-corrected chi connectivity index (χ4v) is 0.925. The van der Waals surface area contributed by atoms with Gasteiger partial charge in [-0.25, -0.2) is 0 Å². The number of aliphatic hydroxyl groups excluding tert-OH is 1. The van der Waals surface area contributed by atoms with Crippen molar-refractivity contribution in [2.45, 2.75) is 6.61 Å². The second-order valence-corrected chi connectivity index (χ2v) is 2.47. The molecule has 0 aliphatic rings. The summed E-state index contributed by atoms with van der Waals surface area (Å²) in [5.74, 6) is 0.164. The third-order valence-electron chi connectivity index (χ3n) is 1.49. The minimum atomic E-state index is -1.91. The number of rotatable bonds is 3. The first-order chi connectivity index (χ1) is 6.13. The lowest BCUT2D eigenvalue weighted by molar-refractivity contribution is 0.264. The highest BCUT2D eigenvalue weighted by Gasteiger charge is 2.13. The van der Waals surface area contributed by atoms with Gasteiger partial charge in [0.15, 0.2) is 0 Å². The molecule has 0 amide bonds. The summed E-state index contributed by atoms with van der Waals surface area (Å²) in [5.41, 5.74) is 6.30. The highest BCUT2D eigenvalue weighted by Crippen LogP contribution is 2.21. The highest BCUT2D eigenvalue weighted by molar-refractivity contribution is 6.33. The predicted octanol–water partition coefficient (Wildman–Crippen LogP) is -0.891. The molecule has 1 rings (SSSR count). The summed E-state index contributed by atoms with van der Waals surface area (Å²) in [6, 6.07) is 4.54. The summed E-state index contributed by atoms with van der Waals surface area (Å²) in [5, 5.41) is 25.9. The molecule has 5 nitrogen and oxygen atoms in total. The molecule has 0 aliphatic heterocycles. The predicted molar refractivity (Wildman–Crippen MR) is 47.6 cm³/mol. The van der Waals surface area contributed by atoms with E-state index < -0.39 is 7.32 Å². The molecule has 0 fully saturated rings. The Kier molecular flexibility index (Phi) is 3.13. The lowest BCUT2D eigenvalue weighted by atomic mass is 10.1. The van der Waals surface area contributed by atoms with Gasteiger partial charge in [0.2, 0.25) is 0 Å². The van der Waals surface area contributed by atoms with Crippen LogP contribution in [-0.4, -0.2) is 22.5 Å². The van der Waals surface area contributed by atoms with Crippen LogP contribution in [0.15, 0.2) is 18.2 Å². The number of nitrogen functional groups attached to an aromatic ring is 1. The lowest BCUT2D eigenvalue weighted by Gasteiger charge is -2.09. The van der Waals surface area contributed by atoms with Crippen LogP contribution in [0.1, 0.15) is 5.56 Å². The van der Waals surface area contributed by atoms with Gasteiger partial charge >= 0.3 is 7.32 Å². The van der Waals surface area contributed by atoms with Gasteiger partial charge < -0.3 is 25.5 Å². The molecule has 70 valence electrons. The zero-order valence-corrected chi connectivity index (χ0v) is 6.84. The van der Waals surface area contributed by atoms with E-state index in [0.717, 1.165) is 0 Å². The Labute approximate surface area is 75.6 Å². The summed E-state index contributed by atoms with van der Waals surface area (Å²) in [6.07, 6.45) is 0. The van der Waals surface area contributed by atoms with Crippen LogP contribution < -0.4 is 10.4 Å². The van der Waals surface area contributed by atoms with Gasteiger partial charge in [-0.1, -0.05) is 6.07 Å². The molecule has 1 aromatic carbocycles. The average Bonchev–Trinajstić information content (AvgIpc) is 2.03. The molecule has 1 aromatic rings. The number of benzene rings is 1. The van der Waals surface area contributed by atoms with E-state index in [-0.39, 0.29) is 12.4 Å². The number of nitrogens with two attached hydrogens (primary N) is 1. The number of aliphatic hydroxyl groups is 1. The molecule has 0 bridgehead atoms. The standard InChI is InChI=1S/C7H10BNO4/c9-6-2-1-5(4-10)7(3-6)13-8(11)12/h1-3,10-12H,4,9H2. The zero-order chi connectivity index (χ0) is 9.84. The van der Waals surface area contributed by atoms with E-state index in [0.29, 0.717) is 11.3 Å². The van der Waals surface area contributed by atoms with Gasteiger partial charge in [0.1, 0.15) is 5.75 Å². The van der Waals surface area contributed by atoms with Gasteiger partial charge in [-0.2, -0.15) is 0 Å². The smallest absolute Gasteiger partial charge is 0.512 e. The van der Waals surface area contributed by atoms with E-state index in [1.165, 1.54) is 6.07 Å². The Bertz CT molecular complexity index is 292. The Morgan fingerprint density at radius 3 is 2.62 bits per heavy atom. The fraction of sp³-hybridized carbons (Fsp3) is 0.143. The van der Waals surface area contributed by atoms with Gasteiger partial charge in [-0.3, -0.25) is 0 Å². The van der Waals surface area contributed by atoms with Crippen molar-refractivity contribution in [3.05, 3.63) is 23.8 Å². The summed E-state index contributed by atoms with van der Waals surface area (Å²) in [7, 11) is -1.91. The number of anilines is 1. The van der Waals surface area contributed by atoms with Crippen LogP contribution in [0.5, 0.6) is 5.75 Å². The van der Waals surface area contributed by atoms with E-state index in [2.05, 4.69) is 4.65 Å². The Balaban J connectivity index is 2.94. The van der Waals surface area contributed by atoms with Crippen LogP contribution in [0.4, 0.5) is 5.69 Å². The van der Waals surface area contributed by atoms with Crippen molar-refractivity contribution in [1.29, 1.82) is 0 Å². The molecule has 0 aliphatic carbocycles. The van der Waals surface area contributed by atoms with Crippen molar-refractivity contribution >= 4 is 13.0 Å². The molecule has 0 saturated heterocycles. The first-order valence-corrected chi connectivity index (χ1v) is 3.65. The molecular formula is C7H10BNO4. The van der Waals surface area contributed by atoms with Crippen molar-refractivity contribution in [2.24, 2.45) is 0 Å². The van der Waals surface area contributed by atoms with Crippen LogP contribution in [0, 0.1) is 0 Å². The van der Waals surface area contributed by atoms with Crippen LogP contribution in [0.25, 0.3) is 0 Å². The highest BCUT2D eigenvalue weighted by atomic mass is 16.6. The fourth-order valence-electron chi connectivity index (χ4n) is 0.925. The molecule has 5 N–H and O–H groups in total. The Hall–Kier alpha value is -1.24. The summed E-state index contributed by atoms with van der Waals surface area (Å²) in [4.78, 5) is 0. The SMILES string of the molecule is Nc1ccc(CO)c(OB(O)O)c1. The Morgan fingerprint density at radius 2 is 2.08 bits per heavy atom. The van der Waals surface area contributed by atoms with Crippen LogP contribution in [0.2, 0.25) is 0 Å². The first kappa shape index (κ1) is 9.85. The van der Waals surface area contributed by atoms with Gasteiger partial charge in [-0.05, 0) is 6.07 Å². The minimum absolute atomic E-state index is 0.164. The maximum absolute atomic E-state index is 8.84. The average molecular weight is 183 g/mol. The first-order valence-electron chi connectivity index (χ1n) is 3.65. The van der Waals surface area contributed by atoms with Crippen molar-refractivity contribution in [1.82, 2.24) is 0 Å². The third-order valence-corrected chi connectivity index (χ3v) is 1.49. The topological polar surface area (TPSA) is 95.9 Å². The van der Waals surface area contributed by atoms with E-state index in [1.807, 2.05) is 0 Å². The summed E-state index contributed by atoms with van der Waals surface area (Å²) in [6.45, 7) is -0.248. The maximum Gasteiger partial charge on any atom is 0.707 e. The van der Waals surface area contributed by atoms with Crippen molar-refractivity contribution < 1.29 is 19.8 Å². The van der Waals surface area contributed by atoms with Crippen LogP contribution >= 0.6 is 0 Å². The largest absolute Gasteiger partial charge is 0.707 e. The molecule has 0 heterocycles. The van der Waals surface area contributed by atoms with Gasteiger partial charge in [0.05, 0.1) is 6.61 Å². The second kappa shape index (κ2) is 4.13. The molecule has 0 aromatic heterocycles. The van der Waals surface area contributed by atoms with E-state index in [9.17, 15) is 0 Å². The minimum Gasteiger partial charge on any atom is -0.512 e. The van der Waals surface area contributed by atoms with Crippen LogP contribution in [0.3, 0.4) is 0 Å². The van der Waals surface area contributed by atoms with Crippen molar-refractivity contribution in [3.63, 3.8) is 0 Å². The molecule has 0 unspecified atom stereocenters. The second-order valence-electron chi connectivity index (χ2n) is 2.47. The van der Waals surface area contributed by atoms with Gasteiger partial charge in [0.25, 0.3) is 0 Å². The quantitative estimate of drug-likeness (QED) is 0.360. The molecule has 0 spiro atoms. The molecule has 0 radical (unpaired) electrons. The summed E-state index contributed by atoms with van der Waals surface area (Å²) >= 11 is 0. The van der Waals surface area contributed by atoms with E-state index in [4.69, 9.17) is 20.9 Å². The number of hydrogen-bond donors (Lipinski definition) is 4. The molecule has 0 saturated carbocycles.